The van der Waals surface area contributed by atoms with E-state index < -0.39 is 20.2 Å². The maximum atomic E-state index is 12.5. The Morgan fingerprint density at radius 3 is 1.49 bits per heavy atom. The number of hydrogen-bond donors (Lipinski definition) is 0. The molecule has 216 valence electrons. The molecular formula is C32H39NaO6S2. The van der Waals surface area contributed by atoms with Crippen LogP contribution in [0.2, 0.25) is 0 Å². The molecule has 4 aromatic carbocycles. The molecule has 4 rings (SSSR count). The molecule has 0 radical (unpaired) electrons. The van der Waals surface area contributed by atoms with E-state index in [0.29, 0.717) is 5.39 Å². The molecule has 0 saturated heterocycles. The molecule has 4 aromatic rings. The van der Waals surface area contributed by atoms with E-state index in [1.807, 2.05) is 30.3 Å². The van der Waals surface area contributed by atoms with Gasteiger partial charge in [0.15, 0.2) is 0 Å². The van der Waals surface area contributed by atoms with E-state index in [4.69, 9.17) is 4.18 Å². The summed E-state index contributed by atoms with van der Waals surface area (Å²) in [5.74, 6) is 0. The van der Waals surface area contributed by atoms with Gasteiger partial charge in [-0.1, -0.05) is 138 Å². The fraction of sp³-hybridized carbons (Fsp3) is 0.375. The predicted molar refractivity (Wildman–Crippen MR) is 161 cm³/mol. The molecule has 0 atom stereocenters. The maximum absolute atomic E-state index is 12.5. The van der Waals surface area contributed by atoms with Gasteiger partial charge < -0.3 is 4.55 Å². The molecule has 6 nitrogen and oxygen atoms in total. The SMILES string of the molecule is CCCCCCCCCCCCOS(=O)(=O)c1cccc2ccccc12.O=S(=O)([O-])c1cccc2ccccc12.[Na+]. The van der Waals surface area contributed by atoms with Gasteiger partial charge in [-0.15, -0.1) is 0 Å². The molecule has 0 aliphatic rings. The fourth-order valence-electron chi connectivity index (χ4n) is 4.65. The molecule has 0 unspecified atom stereocenters. The van der Waals surface area contributed by atoms with Crippen LogP contribution in [0, 0.1) is 0 Å². The number of hydrogen-bond acceptors (Lipinski definition) is 6. The van der Waals surface area contributed by atoms with Crippen molar-refractivity contribution in [3.8, 4) is 0 Å². The summed E-state index contributed by atoms with van der Waals surface area (Å²) in [6.07, 6.45) is 12.2. The third kappa shape index (κ3) is 11.4. The molecule has 41 heavy (non-hydrogen) atoms. The molecule has 0 fully saturated rings. The Labute approximate surface area is 267 Å². The molecule has 0 bridgehead atoms. The zero-order valence-electron chi connectivity index (χ0n) is 24.1. The minimum atomic E-state index is -4.38. The first-order chi connectivity index (χ1) is 19.2. The van der Waals surface area contributed by atoms with Gasteiger partial charge in [-0.3, -0.25) is 4.18 Å². The summed E-state index contributed by atoms with van der Waals surface area (Å²) in [6.45, 7) is 2.50. The van der Waals surface area contributed by atoms with Gasteiger partial charge in [0.25, 0.3) is 10.1 Å². The fourth-order valence-corrected chi connectivity index (χ4v) is 6.51. The standard InChI is InChI=1S/C22H32O3S.C10H8O3S.Na/c1-2-3-4-5-6-7-8-9-10-13-19-25-26(23,24)22-18-14-16-20-15-11-12-17-21(20)22;11-14(12,13)10-7-3-5-8-4-1-2-6-9(8)10;/h11-12,14-18H,2-10,13,19H2,1H3;1-7H,(H,11,12,13);/q;;+1/p-1. The van der Waals surface area contributed by atoms with Crippen molar-refractivity contribution in [2.75, 3.05) is 6.61 Å². The van der Waals surface area contributed by atoms with E-state index in [2.05, 4.69) is 6.92 Å². The van der Waals surface area contributed by atoms with Crippen molar-refractivity contribution in [3.63, 3.8) is 0 Å². The molecule has 9 heteroatoms. The van der Waals surface area contributed by atoms with E-state index in [-0.39, 0.29) is 46.0 Å². The van der Waals surface area contributed by atoms with Crippen LogP contribution in [-0.2, 0) is 24.4 Å². The third-order valence-corrected chi connectivity index (χ3v) is 9.04. The van der Waals surface area contributed by atoms with Crippen molar-refractivity contribution in [3.05, 3.63) is 84.9 Å². The van der Waals surface area contributed by atoms with Crippen LogP contribution in [0.3, 0.4) is 0 Å². The van der Waals surface area contributed by atoms with Gasteiger partial charge in [0.2, 0.25) is 0 Å². The first kappa shape index (κ1) is 35.4. The molecular weight excluding hydrogens is 567 g/mol. The minimum Gasteiger partial charge on any atom is -0.744 e. The van der Waals surface area contributed by atoms with Crippen LogP contribution in [-0.4, -0.2) is 28.0 Å². The minimum absolute atomic E-state index is 0. The maximum Gasteiger partial charge on any atom is 1.00 e. The van der Waals surface area contributed by atoms with Crippen LogP contribution in [0.1, 0.15) is 71.1 Å². The van der Waals surface area contributed by atoms with Crippen molar-refractivity contribution in [2.45, 2.75) is 80.9 Å². The van der Waals surface area contributed by atoms with E-state index >= 15 is 0 Å². The Bertz CT molecular complexity index is 1560. The van der Waals surface area contributed by atoms with Crippen molar-refractivity contribution in [2.24, 2.45) is 0 Å². The average Bonchev–Trinajstić information content (AvgIpc) is 2.95. The summed E-state index contributed by atoms with van der Waals surface area (Å²) in [4.78, 5) is 0.110. The Kier molecular flexibility index (Phi) is 15.6. The zero-order chi connectivity index (χ0) is 28.8. The van der Waals surface area contributed by atoms with Gasteiger partial charge in [-0.25, -0.2) is 8.42 Å². The summed E-state index contributed by atoms with van der Waals surface area (Å²) in [5, 5.41) is 2.86. The van der Waals surface area contributed by atoms with Gasteiger partial charge in [-0.05, 0) is 34.7 Å². The van der Waals surface area contributed by atoms with Gasteiger partial charge in [0.05, 0.1) is 11.5 Å². The second-order valence-electron chi connectivity index (χ2n) is 9.87. The number of unbranched alkanes of at least 4 members (excludes halogenated alkanes) is 9. The smallest absolute Gasteiger partial charge is 0.744 e. The zero-order valence-corrected chi connectivity index (χ0v) is 27.8. The molecule has 0 heterocycles. The Hall–Kier alpha value is -1.78. The van der Waals surface area contributed by atoms with Crippen LogP contribution in [0.4, 0.5) is 0 Å². The normalized spacial score (nSPS) is 11.6. The molecule has 0 saturated carbocycles. The predicted octanol–water partition coefficient (Wildman–Crippen LogP) is 5.21. The van der Waals surface area contributed by atoms with E-state index in [1.165, 1.54) is 51.0 Å². The largest absolute Gasteiger partial charge is 1.00 e. The van der Waals surface area contributed by atoms with E-state index in [1.54, 1.807) is 48.5 Å². The van der Waals surface area contributed by atoms with Crippen LogP contribution in [0.5, 0.6) is 0 Å². The van der Waals surface area contributed by atoms with Gasteiger partial charge in [-0.2, -0.15) is 8.42 Å². The number of benzene rings is 4. The van der Waals surface area contributed by atoms with Crippen LogP contribution in [0.15, 0.2) is 94.7 Å². The summed E-state index contributed by atoms with van der Waals surface area (Å²) in [6, 6.07) is 24.3. The topological polar surface area (TPSA) is 101 Å². The van der Waals surface area contributed by atoms with E-state index in [9.17, 15) is 21.4 Å². The van der Waals surface area contributed by atoms with Crippen molar-refractivity contribution < 1.29 is 55.1 Å². The summed E-state index contributed by atoms with van der Waals surface area (Å²) >= 11 is 0. The summed E-state index contributed by atoms with van der Waals surface area (Å²) in [7, 11) is -8.08. The number of rotatable bonds is 14. The van der Waals surface area contributed by atoms with Crippen LogP contribution >= 0.6 is 0 Å². The molecule has 0 spiro atoms. The summed E-state index contributed by atoms with van der Waals surface area (Å²) in [5.41, 5.74) is 0. The Balaban J connectivity index is 0.000000330. The van der Waals surface area contributed by atoms with Gasteiger partial charge >= 0.3 is 29.6 Å². The second kappa shape index (κ2) is 18.0. The first-order valence-corrected chi connectivity index (χ1v) is 16.9. The van der Waals surface area contributed by atoms with Crippen molar-refractivity contribution >= 4 is 41.8 Å². The van der Waals surface area contributed by atoms with Crippen LogP contribution < -0.4 is 29.6 Å². The third-order valence-electron chi connectivity index (χ3n) is 6.77. The monoisotopic (exact) mass is 606 g/mol. The van der Waals surface area contributed by atoms with E-state index in [0.717, 1.165) is 35.4 Å². The molecule has 0 amide bonds. The summed E-state index contributed by atoms with van der Waals surface area (Å²) < 4.78 is 62.9. The second-order valence-corrected chi connectivity index (χ2v) is 12.8. The first-order valence-electron chi connectivity index (χ1n) is 14.0. The molecule has 0 aliphatic heterocycles. The van der Waals surface area contributed by atoms with Gasteiger partial charge in [0.1, 0.15) is 15.0 Å². The van der Waals surface area contributed by atoms with Crippen molar-refractivity contribution in [1.29, 1.82) is 0 Å². The average molecular weight is 607 g/mol. The Morgan fingerprint density at radius 1 is 0.561 bits per heavy atom. The van der Waals surface area contributed by atoms with Crippen molar-refractivity contribution in [1.82, 2.24) is 0 Å². The van der Waals surface area contributed by atoms with Crippen LogP contribution in [0.25, 0.3) is 21.5 Å². The quantitative estimate of drug-likeness (QED) is 0.0845. The Morgan fingerprint density at radius 2 is 0.976 bits per heavy atom. The number of fused-ring (bicyclic) bond motifs is 2. The molecule has 0 N–H and O–H groups in total. The molecule has 0 aliphatic carbocycles. The van der Waals surface area contributed by atoms with Gasteiger partial charge in [0, 0.05) is 5.39 Å². The molecule has 0 aromatic heterocycles.